The summed E-state index contributed by atoms with van der Waals surface area (Å²) in [7, 11) is 0. The van der Waals surface area contributed by atoms with Crippen molar-refractivity contribution in [1.29, 1.82) is 0 Å². The number of allylic oxidation sites excluding steroid dienone is 2. The summed E-state index contributed by atoms with van der Waals surface area (Å²) in [6, 6.07) is 50.6. The Morgan fingerprint density at radius 1 is 0.511 bits per heavy atom. The monoisotopic (exact) mass is 578 g/mol. The Bertz CT molecular complexity index is 2240. The molecule has 7 aromatic rings. The first-order chi connectivity index (χ1) is 22.3. The molecule has 0 saturated heterocycles. The van der Waals surface area contributed by atoms with E-state index in [1.165, 1.54) is 76.8 Å². The number of rotatable bonds is 3. The minimum Gasteiger partial charge on any atom is -0.485 e. The van der Waals surface area contributed by atoms with Crippen LogP contribution < -0.4 is 4.74 Å². The molecule has 0 bridgehead atoms. The van der Waals surface area contributed by atoms with Crippen molar-refractivity contribution >= 4 is 43.5 Å². The van der Waals surface area contributed by atoms with Gasteiger partial charge in [-0.3, -0.25) is 0 Å². The second kappa shape index (κ2) is 11.3. The molecule has 2 aliphatic rings. The Labute approximate surface area is 264 Å². The van der Waals surface area contributed by atoms with Crippen molar-refractivity contribution < 1.29 is 4.74 Å². The first-order valence-corrected chi connectivity index (χ1v) is 16.0. The van der Waals surface area contributed by atoms with Gasteiger partial charge in [-0.2, -0.15) is 0 Å². The van der Waals surface area contributed by atoms with Crippen LogP contribution in [-0.2, 0) is 0 Å². The van der Waals surface area contributed by atoms with Crippen LogP contribution in [0.4, 0.5) is 0 Å². The SMILES string of the molecule is C1=C(c2c3ccccc3c(-c3ccccc3-c3ccc4ccccc4c3)c3ccccc23)C=C2c3ccccc3OC2C1.CC. The summed E-state index contributed by atoms with van der Waals surface area (Å²) in [5, 5.41) is 7.61. The van der Waals surface area contributed by atoms with Crippen molar-refractivity contribution in [1.82, 2.24) is 0 Å². The largest absolute Gasteiger partial charge is 0.485 e. The lowest BCUT2D eigenvalue weighted by atomic mass is 9.81. The number of para-hydroxylation sites is 1. The highest BCUT2D eigenvalue weighted by Gasteiger charge is 2.31. The van der Waals surface area contributed by atoms with Crippen LogP contribution in [0.3, 0.4) is 0 Å². The molecule has 0 fully saturated rings. The third kappa shape index (κ3) is 4.47. The van der Waals surface area contributed by atoms with Gasteiger partial charge in [0.15, 0.2) is 0 Å². The minimum absolute atomic E-state index is 0.0896. The average molecular weight is 579 g/mol. The van der Waals surface area contributed by atoms with Crippen LogP contribution >= 0.6 is 0 Å². The standard InChI is InChI=1S/C42H28O.C2H6/c1-2-12-28-25-29(22-21-27(28)11-1)31-13-3-4-15-33(31)42-36-18-7-5-16-34(36)41(35-17-6-8-19-37(35)42)30-23-24-40-38(26-30)32-14-9-10-20-39(32)43-40;1-2/h1-23,25-26,40H,24H2;1-2H3. The predicted molar refractivity (Wildman–Crippen MR) is 193 cm³/mol. The zero-order chi connectivity index (χ0) is 30.3. The predicted octanol–water partition coefficient (Wildman–Crippen LogP) is 12.1. The summed E-state index contributed by atoms with van der Waals surface area (Å²) < 4.78 is 6.32. The lowest BCUT2D eigenvalue weighted by Gasteiger charge is -2.22. The Kier molecular flexibility index (Phi) is 6.80. The molecule has 0 radical (unpaired) electrons. The highest BCUT2D eigenvalue weighted by Crippen LogP contribution is 2.48. The Balaban J connectivity index is 0.00000147. The van der Waals surface area contributed by atoms with E-state index in [1.807, 2.05) is 13.8 Å². The third-order valence-corrected chi connectivity index (χ3v) is 9.15. The molecule has 45 heavy (non-hydrogen) atoms. The second-order valence-corrected chi connectivity index (χ2v) is 11.5. The van der Waals surface area contributed by atoms with Crippen LogP contribution in [-0.4, -0.2) is 6.10 Å². The molecule has 0 amide bonds. The van der Waals surface area contributed by atoms with Crippen LogP contribution in [0.25, 0.3) is 65.7 Å². The minimum atomic E-state index is 0.0896. The van der Waals surface area contributed by atoms with E-state index in [1.54, 1.807) is 0 Å². The molecule has 7 aromatic carbocycles. The second-order valence-electron chi connectivity index (χ2n) is 11.5. The van der Waals surface area contributed by atoms with Crippen LogP contribution in [0.5, 0.6) is 5.75 Å². The van der Waals surface area contributed by atoms with Crippen LogP contribution in [0, 0.1) is 0 Å². The van der Waals surface area contributed by atoms with E-state index in [0.717, 1.165) is 12.2 Å². The van der Waals surface area contributed by atoms with Gasteiger partial charge in [-0.25, -0.2) is 0 Å². The highest BCUT2D eigenvalue weighted by atomic mass is 16.5. The van der Waals surface area contributed by atoms with Gasteiger partial charge in [-0.05, 0) is 83.9 Å². The molecule has 0 saturated carbocycles. The first-order valence-electron chi connectivity index (χ1n) is 16.0. The summed E-state index contributed by atoms with van der Waals surface area (Å²) in [6.45, 7) is 4.00. The summed E-state index contributed by atoms with van der Waals surface area (Å²) in [5.74, 6) is 0.990. The molecule has 1 heterocycles. The van der Waals surface area contributed by atoms with Crippen molar-refractivity contribution in [2.75, 3.05) is 0 Å². The lowest BCUT2D eigenvalue weighted by Crippen LogP contribution is -2.13. The zero-order valence-corrected chi connectivity index (χ0v) is 25.6. The molecule has 1 unspecified atom stereocenters. The topological polar surface area (TPSA) is 9.23 Å². The van der Waals surface area contributed by atoms with E-state index in [-0.39, 0.29) is 6.10 Å². The molecule has 1 aliphatic heterocycles. The van der Waals surface area contributed by atoms with E-state index in [2.05, 4.69) is 152 Å². The quantitative estimate of drug-likeness (QED) is 0.190. The van der Waals surface area contributed by atoms with E-state index >= 15 is 0 Å². The van der Waals surface area contributed by atoms with Crippen molar-refractivity contribution in [2.24, 2.45) is 0 Å². The average Bonchev–Trinajstić information content (AvgIpc) is 3.49. The van der Waals surface area contributed by atoms with Gasteiger partial charge in [0.2, 0.25) is 0 Å². The molecular formula is C44H34O. The summed E-state index contributed by atoms with van der Waals surface area (Å²) >= 11 is 0. The van der Waals surface area contributed by atoms with Crippen molar-refractivity contribution in [3.63, 3.8) is 0 Å². The number of fused-ring (bicyclic) bond motifs is 6. The van der Waals surface area contributed by atoms with E-state index in [0.29, 0.717) is 0 Å². The van der Waals surface area contributed by atoms with Crippen molar-refractivity contribution in [2.45, 2.75) is 26.4 Å². The summed E-state index contributed by atoms with van der Waals surface area (Å²) in [4.78, 5) is 0. The fourth-order valence-electron chi connectivity index (χ4n) is 7.22. The lowest BCUT2D eigenvalue weighted by molar-refractivity contribution is 0.279. The highest BCUT2D eigenvalue weighted by molar-refractivity contribution is 6.21. The van der Waals surface area contributed by atoms with Gasteiger partial charge in [-0.15, -0.1) is 0 Å². The molecule has 0 aromatic heterocycles. The molecule has 0 spiro atoms. The molecule has 1 atom stereocenters. The fraction of sp³-hybridized carbons (Fsp3) is 0.0909. The molecule has 0 N–H and O–H groups in total. The molecule has 216 valence electrons. The first kappa shape index (κ1) is 27.2. The van der Waals surface area contributed by atoms with E-state index in [4.69, 9.17) is 4.74 Å². The van der Waals surface area contributed by atoms with Gasteiger partial charge in [0.05, 0.1) is 0 Å². The van der Waals surface area contributed by atoms with Gasteiger partial charge in [-0.1, -0.05) is 147 Å². The maximum Gasteiger partial charge on any atom is 0.128 e. The third-order valence-electron chi connectivity index (χ3n) is 9.15. The van der Waals surface area contributed by atoms with Gasteiger partial charge < -0.3 is 4.74 Å². The van der Waals surface area contributed by atoms with Gasteiger partial charge in [0.1, 0.15) is 11.9 Å². The maximum absolute atomic E-state index is 6.32. The van der Waals surface area contributed by atoms with Crippen molar-refractivity contribution in [3.8, 4) is 28.0 Å². The van der Waals surface area contributed by atoms with Gasteiger partial charge in [0, 0.05) is 17.6 Å². The fourth-order valence-corrected chi connectivity index (χ4v) is 7.22. The van der Waals surface area contributed by atoms with Crippen LogP contribution in [0.2, 0.25) is 0 Å². The number of ether oxygens (including phenoxy) is 1. The van der Waals surface area contributed by atoms with Crippen LogP contribution in [0.1, 0.15) is 31.4 Å². The number of hydrogen-bond acceptors (Lipinski definition) is 1. The maximum atomic E-state index is 6.32. The smallest absolute Gasteiger partial charge is 0.128 e. The van der Waals surface area contributed by atoms with E-state index in [9.17, 15) is 0 Å². The van der Waals surface area contributed by atoms with Crippen LogP contribution in [0.15, 0.2) is 152 Å². The normalized spacial score (nSPS) is 15.0. The Morgan fingerprint density at radius 2 is 1.07 bits per heavy atom. The number of benzene rings is 7. The molecule has 1 heteroatoms. The van der Waals surface area contributed by atoms with Gasteiger partial charge in [0.25, 0.3) is 0 Å². The number of hydrogen-bond donors (Lipinski definition) is 0. The molecule has 1 nitrogen and oxygen atoms in total. The summed E-state index contributed by atoms with van der Waals surface area (Å²) in [5.41, 5.74) is 10.1. The molecule has 9 rings (SSSR count). The van der Waals surface area contributed by atoms with E-state index < -0.39 is 0 Å². The van der Waals surface area contributed by atoms with Crippen molar-refractivity contribution in [3.05, 3.63) is 163 Å². The zero-order valence-electron chi connectivity index (χ0n) is 25.6. The van der Waals surface area contributed by atoms with Gasteiger partial charge >= 0.3 is 0 Å². The Morgan fingerprint density at radius 3 is 1.78 bits per heavy atom. The Hall–Kier alpha value is -5.40. The molecule has 1 aliphatic carbocycles. The summed E-state index contributed by atoms with van der Waals surface area (Å²) in [6.07, 6.45) is 5.70. The molecular weight excluding hydrogens is 544 g/mol.